The molecule has 0 unspecified atom stereocenters. The van der Waals surface area contributed by atoms with Gasteiger partial charge in [-0.25, -0.2) is 9.59 Å². The number of halogens is 1. The zero-order valence-electron chi connectivity index (χ0n) is 16.5. The quantitative estimate of drug-likeness (QED) is 0.238. The molecule has 1 aliphatic carbocycles. The molecule has 3 rings (SSSR count). The first kappa shape index (κ1) is 21.3. The van der Waals surface area contributed by atoms with E-state index in [0.717, 1.165) is 5.57 Å². The van der Waals surface area contributed by atoms with E-state index in [0.29, 0.717) is 6.42 Å². The Balaban J connectivity index is 1.97. The van der Waals surface area contributed by atoms with Gasteiger partial charge in [-0.1, -0.05) is 12.2 Å². The minimum absolute atomic E-state index is 0.111. The van der Waals surface area contributed by atoms with Crippen LogP contribution in [-0.2, 0) is 23.8 Å². The lowest BCUT2D eigenvalue weighted by atomic mass is 9.82. The number of ether oxygens (including phenoxy) is 3. The molecule has 0 aromatic heterocycles. The topological polar surface area (TPSA) is 106 Å². The van der Waals surface area contributed by atoms with Crippen LogP contribution in [0.1, 0.15) is 40.5 Å². The summed E-state index contributed by atoms with van der Waals surface area (Å²) in [5.41, 5.74) is -1.65. The number of hydrogen-bond acceptors (Lipinski definition) is 7. The number of alkyl halides is 1. The molecule has 0 amide bonds. The Kier molecular flexibility index (Phi) is 5.42. The van der Waals surface area contributed by atoms with Gasteiger partial charge in [0.15, 0.2) is 5.60 Å². The van der Waals surface area contributed by atoms with Crippen LogP contribution >= 0.6 is 11.6 Å². The third-order valence-electron chi connectivity index (χ3n) is 6.13. The number of carbonyl (C=O) groups excluding carboxylic acids is 2. The average molecular weight is 415 g/mol. The van der Waals surface area contributed by atoms with E-state index < -0.39 is 47.4 Å². The molecular formula is C20H27ClO7. The minimum Gasteiger partial charge on any atom is -0.459 e. The van der Waals surface area contributed by atoms with E-state index in [9.17, 15) is 19.8 Å². The first-order valence-electron chi connectivity index (χ1n) is 9.38. The van der Waals surface area contributed by atoms with Crippen molar-refractivity contribution < 1.29 is 34.0 Å². The van der Waals surface area contributed by atoms with Crippen molar-refractivity contribution in [2.75, 3.05) is 0 Å². The van der Waals surface area contributed by atoms with Gasteiger partial charge < -0.3 is 24.4 Å². The van der Waals surface area contributed by atoms with Gasteiger partial charge in [0.2, 0.25) is 0 Å². The average Bonchev–Trinajstić information content (AvgIpc) is 3.12. The van der Waals surface area contributed by atoms with Gasteiger partial charge in [0.1, 0.15) is 12.2 Å². The van der Waals surface area contributed by atoms with E-state index >= 15 is 0 Å². The summed E-state index contributed by atoms with van der Waals surface area (Å²) in [6, 6.07) is 0. The fraction of sp³-hybridized carbons (Fsp3) is 0.700. The van der Waals surface area contributed by atoms with Gasteiger partial charge >= 0.3 is 11.9 Å². The van der Waals surface area contributed by atoms with Gasteiger partial charge in [0.05, 0.1) is 29.1 Å². The van der Waals surface area contributed by atoms with Gasteiger partial charge in [0.25, 0.3) is 0 Å². The molecule has 2 fully saturated rings. The van der Waals surface area contributed by atoms with Crippen LogP contribution < -0.4 is 0 Å². The summed E-state index contributed by atoms with van der Waals surface area (Å²) in [6.45, 7) is 10.1. The highest BCUT2D eigenvalue weighted by atomic mass is 35.5. The van der Waals surface area contributed by atoms with Gasteiger partial charge in [0, 0.05) is 12.0 Å². The molecular weight excluding hydrogens is 388 g/mol. The first-order chi connectivity index (χ1) is 12.9. The lowest BCUT2D eigenvalue weighted by Crippen LogP contribution is -2.49. The number of aliphatic hydroxyl groups is 2. The molecule has 28 heavy (non-hydrogen) atoms. The maximum Gasteiger partial charge on any atom is 0.340 e. The Labute approximate surface area is 169 Å². The van der Waals surface area contributed by atoms with E-state index in [1.54, 1.807) is 6.08 Å². The van der Waals surface area contributed by atoms with Crippen LogP contribution in [0, 0.1) is 5.92 Å². The van der Waals surface area contributed by atoms with E-state index in [1.807, 2.05) is 13.8 Å². The number of epoxide rings is 1. The number of carbonyl (C=O) groups is 2. The van der Waals surface area contributed by atoms with Gasteiger partial charge in [-0.05, 0) is 40.2 Å². The van der Waals surface area contributed by atoms with Crippen molar-refractivity contribution in [2.24, 2.45) is 5.92 Å². The second-order valence-corrected chi connectivity index (χ2v) is 8.95. The van der Waals surface area contributed by atoms with Crippen LogP contribution in [-0.4, -0.2) is 63.1 Å². The number of allylic oxidation sites excluding steroid dienone is 1. The predicted octanol–water partition coefficient (Wildman–Crippen LogP) is 1.63. The molecule has 3 aliphatic rings. The van der Waals surface area contributed by atoms with Crippen molar-refractivity contribution in [1.82, 2.24) is 0 Å². The number of rotatable bonds is 3. The Morgan fingerprint density at radius 1 is 1.54 bits per heavy atom. The van der Waals surface area contributed by atoms with E-state index in [4.69, 9.17) is 25.8 Å². The van der Waals surface area contributed by atoms with Crippen molar-refractivity contribution >= 4 is 23.5 Å². The van der Waals surface area contributed by atoms with Crippen molar-refractivity contribution in [3.63, 3.8) is 0 Å². The highest BCUT2D eigenvalue weighted by Crippen LogP contribution is 2.48. The highest BCUT2D eigenvalue weighted by molar-refractivity contribution is 6.22. The Bertz CT molecular complexity index is 728. The van der Waals surface area contributed by atoms with E-state index in [1.165, 1.54) is 13.8 Å². The monoisotopic (exact) mass is 414 g/mol. The molecule has 2 saturated heterocycles. The molecule has 7 nitrogen and oxygen atoms in total. The molecule has 0 aromatic carbocycles. The van der Waals surface area contributed by atoms with Gasteiger partial charge in [-0.3, -0.25) is 0 Å². The largest absolute Gasteiger partial charge is 0.459 e. The van der Waals surface area contributed by atoms with Gasteiger partial charge in [-0.2, -0.15) is 0 Å². The van der Waals surface area contributed by atoms with Crippen LogP contribution in [0.3, 0.4) is 0 Å². The summed E-state index contributed by atoms with van der Waals surface area (Å²) in [5, 5.41) is 19.7. The zero-order chi connectivity index (χ0) is 21.0. The summed E-state index contributed by atoms with van der Waals surface area (Å²) in [6.07, 6.45) is -0.330. The van der Waals surface area contributed by atoms with Crippen LogP contribution in [0.5, 0.6) is 0 Å². The van der Waals surface area contributed by atoms with Crippen molar-refractivity contribution in [2.45, 2.75) is 81.5 Å². The number of esters is 2. The molecule has 2 N–H and O–H groups in total. The molecule has 0 spiro atoms. The van der Waals surface area contributed by atoms with Crippen molar-refractivity contribution in [3.8, 4) is 0 Å². The Hall–Kier alpha value is -1.41. The fourth-order valence-corrected chi connectivity index (χ4v) is 3.99. The molecule has 0 radical (unpaired) electrons. The zero-order valence-corrected chi connectivity index (χ0v) is 17.2. The molecule has 0 bridgehead atoms. The summed E-state index contributed by atoms with van der Waals surface area (Å²) in [4.78, 5) is 24.8. The van der Waals surface area contributed by atoms with Crippen LogP contribution in [0.15, 0.2) is 23.8 Å². The molecule has 0 aromatic rings. The van der Waals surface area contributed by atoms with Crippen molar-refractivity contribution in [1.29, 1.82) is 0 Å². The van der Waals surface area contributed by atoms with Crippen LogP contribution in [0.4, 0.5) is 0 Å². The van der Waals surface area contributed by atoms with E-state index in [2.05, 4.69) is 6.58 Å². The second-order valence-electron chi connectivity index (χ2n) is 8.43. The molecule has 8 heteroatoms. The summed E-state index contributed by atoms with van der Waals surface area (Å²) in [7, 11) is 0. The molecule has 8 atom stereocenters. The van der Waals surface area contributed by atoms with Crippen LogP contribution in [0.2, 0.25) is 0 Å². The number of hydrogen-bond donors (Lipinski definition) is 2. The van der Waals surface area contributed by atoms with Crippen molar-refractivity contribution in [3.05, 3.63) is 23.8 Å². The molecule has 2 heterocycles. The maximum atomic E-state index is 12.6. The fourth-order valence-electron chi connectivity index (χ4n) is 3.75. The lowest BCUT2D eigenvalue weighted by Gasteiger charge is -2.32. The summed E-state index contributed by atoms with van der Waals surface area (Å²) < 4.78 is 16.9. The SMILES string of the molecule is C=C1C(=O)O[C@@H]2/C=C(/C)[C@@H](Cl)C[C@H]3O[C@]3(C)C[C@@H](OC(=O)[C@](C)(O)[C@H](C)O)[C@@H]12. The van der Waals surface area contributed by atoms with E-state index in [-0.39, 0.29) is 23.5 Å². The minimum atomic E-state index is -2.09. The third-order valence-corrected chi connectivity index (χ3v) is 6.65. The van der Waals surface area contributed by atoms with Gasteiger partial charge in [-0.15, -0.1) is 11.6 Å². The molecule has 0 saturated carbocycles. The normalized spacial score (nSPS) is 42.8. The second kappa shape index (κ2) is 7.13. The number of fused-ring (bicyclic) bond motifs is 2. The smallest absolute Gasteiger partial charge is 0.340 e. The highest BCUT2D eigenvalue weighted by Gasteiger charge is 2.58. The summed E-state index contributed by atoms with van der Waals surface area (Å²) in [5.74, 6) is -2.18. The lowest BCUT2D eigenvalue weighted by molar-refractivity contribution is -0.183. The molecule has 2 aliphatic heterocycles. The van der Waals surface area contributed by atoms with Crippen LogP contribution in [0.25, 0.3) is 0 Å². The first-order valence-corrected chi connectivity index (χ1v) is 9.82. The summed E-state index contributed by atoms with van der Waals surface area (Å²) >= 11 is 6.47. The predicted molar refractivity (Wildman–Crippen MR) is 101 cm³/mol. The third kappa shape index (κ3) is 3.73. The Morgan fingerprint density at radius 2 is 2.18 bits per heavy atom. The standard InChI is InChI=1S/C20H27ClO7/c1-9-6-13-16(10(2)17(23)26-13)14(27-18(24)20(5,25)11(3)22)8-19(4)15(28-19)7-12(9)21/h6,11-16,22,25H,2,7-8H2,1,3-5H3/b9-6-/t11-,12-,13+,14+,15+,16-,19+,20+/m0/s1. The Morgan fingerprint density at radius 3 is 2.79 bits per heavy atom. The molecule has 156 valence electrons. The maximum absolute atomic E-state index is 12.6. The number of aliphatic hydroxyl groups excluding tert-OH is 1.